The predicted octanol–water partition coefficient (Wildman–Crippen LogP) is 1.51. The molecule has 0 bridgehead atoms. The van der Waals surface area contributed by atoms with Crippen molar-refractivity contribution in [2.45, 2.75) is 26.2 Å². The van der Waals surface area contributed by atoms with Crippen molar-refractivity contribution >= 4 is 11.8 Å². The highest BCUT2D eigenvalue weighted by atomic mass is 32.2. The summed E-state index contributed by atoms with van der Waals surface area (Å²) in [5.41, 5.74) is 0. The van der Waals surface area contributed by atoms with Crippen molar-refractivity contribution in [3.05, 3.63) is 0 Å². The third-order valence-corrected chi connectivity index (χ3v) is 3.04. The van der Waals surface area contributed by atoms with E-state index in [9.17, 15) is 0 Å². The maximum atomic E-state index is 8.73. The van der Waals surface area contributed by atoms with E-state index in [1.54, 1.807) is 0 Å². The zero-order valence-electron chi connectivity index (χ0n) is 7.83. The summed E-state index contributed by atoms with van der Waals surface area (Å²) in [6.45, 7) is 2.67. The molecule has 0 spiro atoms. The van der Waals surface area contributed by atoms with Gasteiger partial charge in [0.05, 0.1) is 0 Å². The zero-order valence-corrected chi connectivity index (χ0v) is 8.65. The van der Waals surface area contributed by atoms with Crippen molar-refractivity contribution in [2.75, 3.05) is 24.7 Å². The van der Waals surface area contributed by atoms with E-state index in [2.05, 4.69) is 6.92 Å². The summed E-state index contributed by atoms with van der Waals surface area (Å²) in [7, 11) is 0. The molecule has 0 aliphatic carbocycles. The molecule has 2 nitrogen and oxygen atoms in total. The third kappa shape index (κ3) is 8.37. The Morgan fingerprint density at radius 1 is 1.17 bits per heavy atom. The van der Waals surface area contributed by atoms with Gasteiger partial charge < -0.3 is 10.2 Å². The SMILES string of the molecule is CC(CO)CSCCCCCO. The van der Waals surface area contributed by atoms with Crippen LogP contribution in [0.1, 0.15) is 26.2 Å². The number of aliphatic hydroxyl groups excluding tert-OH is 2. The predicted molar refractivity (Wildman–Crippen MR) is 54.5 cm³/mol. The van der Waals surface area contributed by atoms with Gasteiger partial charge in [0.2, 0.25) is 0 Å². The van der Waals surface area contributed by atoms with E-state index >= 15 is 0 Å². The van der Waals surface area contributed by atoms with Crippen LogP contribution in [0.2, 0.25) is 0 Å². The average Bonchev–Trinajstić information content (AvgIpc) is 2.10. The van der Waals surface area contributed by atoms with E-state index in [4.69, 9.17) is 10.2 Å². The van der Waals surface area contributed by atoms with Crippen molar-refractivity contribution in [1.29, 1.82) is 0 Å². The van der Waals surface area contributed by atoms with Gasteiger partial charge in [0.1, 0.15) is 0 Å². The van der Waals surface area contributed by atoms with Gasteiger partial charge in [0.15, 0.2) is 0 Å². The molecule has 1 atom stereocenters. The second-order valence-corrected chi connectivity index (χ2v) is 4.30. The number of aliphatic hydroxyl groups is 2. The molecule has 0 saturated carbocycles. The van der Waals surface area contributed by atoms with Gasteiger partial charge in [-0.05, 0) is 30.3 Å². The van der Waals surface area contributed by atoms with Gasteiger partial charge in [0, 0.05) is 13.2 Å². The molecule has 0 aromatic carbocycles. The molecule has 0 aromatic heterocycles. The molecule has 0 heterocycles. The van der Waals surface area contributed by atoms with Crippen molar-refractivity contribution in [2.24, 2.45) is 5.92 Å². The van der Waals surface area contributed by atoms with Gasteiger partial charge in [-0.25, -0.2) is 0 Å². The molecule has 0 saturated heterocycles. The van der Waals surface area contributed by atoms with E-state index in [1.165, 1.54) is 6.42 Å². The summed E-state index contributed by atoms with van der Waals surface area (Å²) in [6, 6.07) is 0. The molecule has 0 rings (SSSR count). The summed E-state index contributed by atoms with van der Waals surface area (Å²) in [4.78, 5) is 0. The average molecular weight is 192 g/mol. The zero-order chi connectivity index (χ0) is 9.23. The minimum atomic E-state index is 0.295. The lowest BCUT2D eigenvalue weighted by Gasteiger charge is -2.06. The minimum absolute atomic E-state index is 0.295. The van der Waals surface area contributed by atoms with Crippen LogP contribution < -0.4 is 0 Å². The first-order valence-corrected chi connectivity index (χ1v) is 5.76. The first kappa shape index (κ1) is 12.3. The van der Waals surface area contributed by atoms with Crippen LogP contribution in [0.3, 0.4) is 0 Å². The number of thioether (sulfide) groups is 1. The first-order valence-electron chi connectivity index (χ1n) is 4.60. The molecule has 0 aliphatic rings. The van der Waals surface area contributed by atoms with E-state index < -0.39 is 0 Å². The smallest absolute Gasteiger partial charge is 0.0464 e. The van der Waals surface area contributed by atoms with Gasteiger partial charge in [-0.15, -0.1) is 0 Å². The Morgan fingerprint density at radius 3 is 2.50 bits per heavy atom. The van der Waals surface area contributed by atoms with Gasteiger partial charge in [-0.3, -0.25) is 0 Å². The van der Waals surface area contributed by atoms with Gasteiger partial charge in [0.25, 0.3) is 0 Å². The van der Waals surface area contributed by atoms with Crippen molar-refractivity contribution in [1.82, 2.24) is 0 Å². The Labute approximate surface area is 79.4 Å². The lowest BCUT2D eigenvalue weighted by atomic mass is 10.2. The number of hydrogen-bond donors (Lipinski definition) is 2. The highest BCUT2D eigenvalue weighted by Gasteiger charge is 1.98. The van der Waals surface area contributed by atoms with Crippen molar-refractivity contribution in [3.63, 3.8) is 0 Å². The summed E-state index contributed by atoms with van der Waals surface area (Å²) >= 11 is 1.89. The first-order chi connectivity index (χ1) is 5.81. The van der Waals surface area contributed by atoms with Crippen LogP contribution in [0.25, 0.3) is 0 Å². The third-order valence-electron chi connectivity index (χ3n) is 1.66. The van der Waals surface area contributed by atoms with Crippen LogP contribution in [0, 0.1) is 5.92 Å². The van der Waals surface area contributed by atoms with E-state index in [0.717, 1.165) is 24.3 Å². The molecule has 12 heavy (non-hydrogen) atoms. The van der Waals surface area contributed by atoms with Crippen molar-refractivity contribution < 1.29 is 10.2 Å². The normalized spacial score (nSPS) is 13.2. The molecular weight excluding hydrogens is 172 g/mol. The maximum absolute atomic E-state index is 8.73. The van der Waals surface area contributed by atoms with Crippen LogP contribution in [-0.2, 0) is 0 Å². The molecule has 3 heteroatoms. The summed E-state index contributed by atoms with van der Waals surface area (Å²) in [5, 5.41) is 17.2. The fourth-order valence-electron chi connectivity index (χ4n) is 0.830. The highest BCUT2D eigenvalue weighted by molar-refractivity contribution is 7.99. The van der Waals surface area contributed by atoms with Crippen LogP contribution >= 0.6 is 11.8 Å². The Morgan fingerprint density at radius 2 is 1.92 bits per heavy atom. The molecular formula is C9H20O2S. The molecule has 0 amide bonds. The Bertz CT molecular complexity index is 88.6. The van der Waals surface area contributed by atoms with Crippen LogP contribution in [0.5, 0.6) is 0 Å². The molecule has 0 fully saturated rings. The lowest BCUT2D eigenvalue weighted by Crippen LogP contribution is -2.03. The molecule has 0 aliphatic heterocycles. The van der Waals surface area contributed by atoms with E-state index in [1.807, 2.05) is 11.8 Å². The summed E-state index contributed by atoms with van der Waals surface area (Å²) < 4.78 is 0. The summed E-state index contributed by atoms with van der Waals surface area (Å²) in [5.74, 6) is 2.63. The lowest BCUT2D eigenvalue weighted by molar-refractivity contribution is 0.250. The Balaban J connectivity index is 2.90. The number of rotatable bonds is 8. The number of unbranched alkanes of at least 4 members (excludes halogenated alkanes) is 2. The monoisotopic (exact) mass is 192 g/mol. The van der Waals surface area contributed by atoms with E-state index in [-0.39, 0.29) is 0 Å². The molecule has 0 radical (unpaired) electrons. The molecule has 2 N–H and O–H groups in total. The second-order valence-electron chi connectivity index (χ2n) is 3.15. The van der Waals surface area contributed by atoms with Gasteiger partial charge >= 0.3 is 0 Å². The van der Waals surface area contributed by atoms with Gasteiger partial charge in [-0.2, -0.15) is 11.8 Å². The maximum Gasteiger partial charge on any atom is 0.0464 e. The fourth-order valence-corrected chi connectivity index (χ4v) is 1.91. The minimum Gasteiger partial charge on any atom is -0.396 e. The highest BCUT2D eigenvalue weighted by Crippen LogP contribution is 2.10. The molecule has 74 valence electrons. The Kier molecular flexibility index (Phi) is 9.57. The van der Waals surface area contributed by atoms with Crippen LogP contribution in [0.15, 0.2) is 0 Å². The second kappa shape index (κ2) is 9.36. The Hall–Kier alpha value is 0.270. The number of hydrogen-bond acceptors (Lipinski definition) is 3. The molecule has 0 aromatic rings. The molecule has 1 unspecified atom stereocenters. The van der Waals surface area contributed by atoms with Crippen LogP contribution in [-0.4, -0.2) is 34.9 Å². The summed E-state index contributed by atoms with van der Waals surface area (Å²) in [6.07, 6.45) is 3.23. The fraction of sp³-hybridized carbons (Fsp3) is 1.00. The van der Waals surface area contributed by atoms with E-state index in [0.29, 0.717) is 19.1 Å². The topological polar surface area (TPSA) is 40.5 Å². The van der Waals surface area contributed by atoms with Crippen LogP contribution in [0.4, 0.5) is 0 Å². The quantitative estimate of drug-likeness (QED) is 0.573. The van der Waals surface area contributed by atoms with Crippen molar-refractivity contribution in [3.8, 4) is 0 Å². The van der Waals surface area contributed by atoms with Gasteiger partial charge in [-0.1, -0.05) is 13.3 Å². The largest absolute Gasteiger partial charge is 0.396 e. The standard InChI is InChI=1S/C9H20O2S/c1-9(7-11)8-12-6-4-2-3-5-10/h9-11H,2-8H2,1H3.